The van der Waals surface area contributed by atoms with Gasteiger partial charge in [-0.1, -0.05) is 0 Å². The first-order valence-corrected chi connectivity index (χ1v) is 9.86. The van der Waals surface area contributed by atoms with E-state index in [0.29, 0.717) is 38.2 Å². The lowest BCUT2D eigenvalue weighted by atomic mass is 9.99. The third-order valence-electron chi connectivity index (χ3n) is 4.67. The molecule has 3 rings (SSSR count). The SMILES string of the molecule is C[C@@H]1Cc2c(C(=O)N(C)CCN3CCCS3(=O)=O)n[nH]c2[C@H](C)O1. The van der Waals surface area contributed by atoms with Crippen molar-refractivity contribution >= 4 is 15.9 Å². The van der Waals surface area contributed by atoms with Gasteiger partial charge in [0.1, 0.15) is 0 Å². The number of sulfonamides is 1. The summed E-state index contributed by atoms with van der Waals surface area (Å²) in [6.07, 6.45) is 1.23. The van der Waals surface area contributed by atoms with E-state index in [2.05, 4.69) is 10.2 Å². The summed E-state index contributed by atoms with van der Waals surface area (Å²) in [5, 5.41) is 7.10. The quantitative estimate of drug-likeness (QED) is 0.849. The van der Waals surface area contributed by atoms with Gasteiger partial charge in [-0.15, -0.1) is 0 Å². The molecule has 0 bridgehead atoms. The van der Waals surface area contributed by atoms with Crippen LogP contribution in [-0.2, 0) is 21.2 Å². The molecular formula is C15H24N4O4S. The van der Waals surface area contributed by atoms with Crippen molar-refractivity contribution in [1.29, 1.82) is 0 Å². The molecule has 2 aliphatic rings. The van der Waals surface area contributed by atoms with E-state index in [-0.39, 0.29) is 23.9 Å². The van der Waals surface area contributed by atoms with Crippen molar-refractivity contribution in [3.63, 3.8) is 0 Å². The molecule has 24 heavy (non-hydrogen) atoms. The van der Waals surface area contributed by atoms with Gasteiger partial charge in [0.25, 0.3) is 5.91 Å². The van der Waals surface area contributed by atoms with Gasteiger partial charge in [0.2, 0.25) is 10.0 Å². The van der Waals surface area contributed by atoms with Crippen LogP contribution in [0.4, 0.5) is 0 Å². The van der Waals surface area contributed by atoms with Crippen molar-refractivity contribution in [1.82, 2.24) is 19.4 Å². The third-order valence-corrected chi connectivity index (χ3v) is 6.63. The second-order valence-electron chi connectivity index (χ2n) is 6.55. The maximum absolute atomic E-state index is 12.7. The summed E-state index contributed by atoms with van der Waals surface area (Å²) >= 11 is 0. The molecule has 1 saturated heterocycles. The molecule has 0 unspecified atom stereocenters. The van der Waals surface area contributed by atoms with Crippen LogP contribution in [0.2, 0.25) is 0 Å². The number of ether oxygens (including phenoxy) is 1. The fourth-order valence-corrected chi connectivity index (χ4v) is 4.86. The number of aromatic amines is 1. The predicted octanol–water partition coefficient (Wildman–Crippen LogP) is 0.539. The Labute approximate surface area is 142 Å². The molecule has 0 spiro atoms. The Kier molecular flexibility index (Phi) is 4.67. The summed E-state index contributed by atoms with van der Waals surface area (Å²) in [4.78, 5) is 14.2. The van der Waals surface area contributed by atoms with Gasteiger partial charge in [0, 0.05) is 38.7 Å². The molecule has 3 heterocycles. The Morgan fingerprint density at radius 3 is 2.88 bits per heavy atom. The summed E-state index contributed by atoms with van der Waals surface area (Å²) in [5.41, 5.74) is 2.18. The number of amides is 1. The van der Waals surface area contributed by atoms with Crippen molar-refractivity contribution in [2.75, 3.05) is 32.4 Å². The lowest BCUT2D eigenvalue weighted by Gasteiger charge is -2.26. The number of H-pyrrole nitrogens is 1. The lowest BCUT2D eigenvalue weighted by molar-refractivity contribution is -0.00701. The van der Waals surface area contributed by atoms with Gasteiger partial charge in [-0.25, -0.2) is 12.7 Å². The largest absolute Gasteiger partial charge is 0.369 e. The number of hydrogen-bond acceptors (Lipinski definition) is 5. The predicted molar refractivity (Wildman–Crippen MR) is 88.2 cm³/mol. The number of likely N-dealkylation sites (N-methyl/N-ethyl adjacent to an activating group) is 1. The summed E-state index contributed by atoms with van der Waals surface area (Å²) in [6.45, 7) is 5.12. The minimum absolute atomic E-state index is 0.0386. The van der Waals surface area contributed by atoms with Crippen molar-refractivity contribution < 1.29 is 17.9 Å². The molecule has 2 atom stereocenters. The van der Waals surface area contributed by atoms with Crippen LogP contribution in [0.15, 0.2) is 0 Å². The number of carbonyl (C=O) groups excluding carboxylic acids is 1. The van der Waals surface area contributed by atoms with E-state index in [1.807, 2.05) is 13.8 Å². The first kappa shape index (κ1) is 17.4. The zero-order chi connectivity index (χ0) is 17.5. The number of hydrogen-bond donors (Lipinski definition) is 1. The topological polar surface area (TPSA) is 95.6 Å². The molecule has 1 aromatic rings. The van der Waals surface area contributed by atoms with Gasteiger partial charge in [-0.05, 0) is 20.3 Å². The van der Waals surface area contributed by atoms with Crippen molar-refractivity contribution in [2.24, 2.45) is 0 Å². The monoisotopic (exact) mass is 356 g/mol. The summed E-state index contributed by atoms with van der Waals surface area (Å²) in [7, 11) is -1.46. The van der Waals surface area contributed by atoms with Crippen molar-refractivity contribution in [3.8, 4) is 0 Å². The second-order valence-corrected chi connectivity index (χ2v) is 8.64. The minimum Gasteiger partial charge on any atom is -0.369 e. The second kappa shape index (κ2) is 6.45. The minimum atomic E-state index is -3.13. The van der Waals surface area contributed by atoms with E-state index in [1.54, 1.807) is 7.05 Å². The molecule has 2 aliphatic heterocycles. The highest BCUT2D eigenvalue weighted by Gasteiger charge is 2.32. The van der Waals surface area contributed by atoms with Crippen LogP contribution in [0.25, 0.3) is 0 Å². The maximum Gasteiger partial charge on any atom is 0.274 e. The van der Waals surface area contributed by atoms with Crippen LogP contribution >= 0.6 is 0 Å². The van der Waals surface area contributed by atoms with E-state index in [1.165, 1.54) is 9.21 Å². The molecule has 0 aliphatic carbocycles. The van der Waals surface area contributed by atoms with Gasteiger partial charge < -0.3 is 9.64 Å². The van der Waals surface area contributed by atoms with Crippen LogP contribution in [-0.4, -0.2) is 72.3 Å². The number of carbonyl (C=O) groups is 1. The normalized spacial score (nSPS) is 26.3. The van der Waals surface area contributed by atoms with Gasteiger partial charge in [0.05, 0.1) is 23.7 Å². The van der Waals surface area contributed by atoms with Crippen LogP contribution < -0.4 is 0 Å². The molecular weight excluding hydrogens is 332 g/mol. The van der Waals surface area contributed by atoms with E-state index in [0.717, 1.165) is 11.3 Å². The molecule has 0 aromatic carbocycles. The smallest absolute Gasteiger partial charge is 0.274 e. The average Bonchev–Trinajstić information content (AvgIpc) is 3.07. The number of nitrogens with one attached hydrogen (secondary N) is 1. The highest BCUT2D eigenvalue weighted by molar-refractivity contribution is 7.89. The number of fused-ring (bicyclic) bond motifs is 1. The number of nitrogens with zero attached hydrogens (tertiary/aromatic N) is 3. The summed E-state index contributed by atoms with van der Waals surface area (Å²) in [5.74, 6) is 0.0122. The zero-order valence-corrected chi connectivity index (χ0v) is 15.1. The number of rotatable bonds is 4. The molecule has 8 nitrogen and oxygen atoms in total. The van der Waals surface area contributed by atoms with Crippen LogP contribution in [0.1, 0.15) is 48.1 Å². The molecule has 134 valence electrons. The Hall–Kier alpha value is -1.45. The fourth-order valence-electron chi connectivity index (χ4n) is 3.34. The highest BCUT2D eigenvalue weighted by atomic mass is 32.2. The number of aromatic nitrogens is 2. The van der Waals surface area contributed by atoms with Gasteiger partial charge in [0.15, 0.2) is 5.69 Å². The molecule has 1 N–H and O–H groups in total. The Balaban J connectivity index is 1.68. The fraction of sp³-hybridized carbons (Fsp3) is 0.733. The van der Waals surface area contributed by atoms with Gasteiger partial charge in [-0.2, -0.15) is 5.10 Å². The van der Waals surface area contributed by atoms with Crippen molar-refractivity contribution in [3.05, 3.63) is 17.0 Å². The first-order chi connectivity index (χ1) is 11.3. The Bertz CT molecular complexity index is 730. The van der Waals surface area contributed by atoms with Gasteiger partial charge >= 0.3 is 0 Å². The van der Waals surface area contributed by atoms with E-state index >= 15 is 0 Å². The molecule has 0 saturated carbocycles. The molecule has 1 fully saturated rings. The Morgan fingerprint density at radius 1 is 1.46 bits per heavy atom. The zero-order valence-electron chi connectivity index (χ0n) is 14.3. The molecule has 1 amide bonds. The Morgan fingerprint density at radius 2 is 2.21 bits per heavy atom. The van der Waals surface area contributed by atoms with Crippen LogP contribution in [0, 0.1) is 0 Å². The first-order valence-electron chi connectivity index (χ1n) is 8.25. The van der Waals surface area contributed by atoms with E-state index < -0.39 is 10.0 Å². The summed E-state index contributed by atoms with van der Waals surface area (Å²) in [6, 6.07) is 0. The standard InChI is InChI=1S/C15H24N4O4S/c1-10-9-12-13(11(2)23-10)16-17-14(12)15(20)18(3)6-7-19-5-4-8-24(19,21)22/h10-11H,4-9H2,1-3H3,(H,16,17)/t10-,11+/m1/s1. The molecule has 1 aromatic heterocycles. The van der Waals surface area contributed by atoms with Crippen LogP contribution in [0.5, 0.6) is 0 Å². The van der Waals surface area contributed by atoms with Crippen molar-refractivity contribution in [2.45, 2.75) is 38.9 Å². The average molecular weight is 356 g/mol. The lowest BCUT2D eigenvalue weighted by Crippen LogP contribution is -2.37. The highest BCUT2D eigenvalue weighted by Crippen LogP contribution is 2.30. The third kappa shape index (κ3) is 3.20. The van der Waals surface area contributed by atoms with E-state index in [9.17, 15) is 13.2 Å². The maximum atomic E-state index is 12.7. The molecule has 9 heteroatoms. The summed E-state index contributed by atoms with van der Waals surface area (Å²) < 4.78 is 30.8. The van der Waals surface area contributed by atoms with Crippen LogP contribution in [0.3, 0.4) is 0 Å². The van der Waals surface area contributed by atoms with E-state index in [4.69, 9.17) is 4.74 Å². The molecule has 0 radical (unpaired) electrons. The van der Waals surface area contributed by atoms with Gasteiger partial charge in [-0.3, -0.25) is 9.89 Å².